The molecular weight excluding hydrogens is 264 g/mol. The molecule has 0 bridgehead atoms. The van der Waals surface area contributed by atoms with E-state index in [2.05, 4.69) is 27.4 Å². The second-order valence-electron chi connectivity index (χ2n) is 6.43. The van der Waals surface area contributed by atoms with Crippen LogP contribution in [0.1, 0.15) is 27.7 Å². The molecule has 1 aliphatic heterocycles. The van der Waals surface area contributed by atoms with Crippen LogP contribution in [0, 0.1) is 5.41 Å². The average molecular weight is 290 g/mol. The van der Waals surface area contributed by atoms with Crippen LogP contribution in [0.2, 0.25) is 0 Å². The lowest BCUT2D eigenvalue weighted by Gasteiger charge is -2.39. The molecule has 0 amide bonds. The molecule has 2 heterocycles. The third kappa shape index (κ3) is 3.53. The van der Waals surface area contributed by atoms with Crippen molar-refractivity contribution in [2.24, 2.45) is 5.41 Å². The van der Waals surface area contributed by atoms with Crippen molar-refractivity contribution in [1.82, 2.24) is 10.3 Å². The molecule has 1 aliphatic rings. The fourth-order valence-electron chi connectivity index (χ4n) is 2.65. The molecule has 1 aromatic heterocycles. The van der Waals surface area contributed by atoms with E-state index in [9.17, 15) is 4.79 Å². The monoisotopic (exact) mass is 290 g/mol. The normalized spacial score (nSPS) is 19.4. The highest BCUT2D eigenvalue weighted by molar-refractivity contribution is 5.92. The Bertz CT molecular complexity index is 495. The number of rotatable bonds is 4. The topological polar surface area (TPSA) is 57.3 Å². The molecule has 1 aromatic rings. The summed E-state index contributed by atoms with van der Waals surface area (Å²) in [6.07, 6.45) is 1.79. The highest BCUT2D eigenvalue weighted by Crippen LogP contribution is 2.28. The molecule has 0 aromatic carbocycles. The molecule has 2 rings (SSSR count). The average Bonchev–Trinajstić information content (AvgIpc) is 2.46. The van der Waals surface area contributed by atoms with Gasteiger partial charge in [-0.05, 0) is 19.1 Å². The van der Waals surface area contributed by atoms with Gasteiger partial charge in [-0.2, -0.15) is 0 Å². The quantitative estimate of drug-likeness (QED) is 0.887. The first-order valence-corrected chi connectivity index (χ1v) is 7.65. The van der Waals surface area contributed by atoms with Crippen LogP contribution < -0.4 is 15.5 Å². The highest BCUT2D eigenvalue weighted by Gasteiger charge is 2.36. The van der Waals surface area contributed by atoms with Gasteiger partial charge in [-0.15, -0.1) is 0 Å². The van der Waals surface area contributed by atoms with Crippen molar-refractivity contribution in [3.05, 3.63) is 18.3 Å². The van der Waals surface area contributed by atoms with Crippen LogP contribution in [-0.2, 0) is 4.79 Å². The molecule has 0 radical (unpaired) electrons. The number of carbonyl (C=O) groups excluding carboxylic acids is 1. The van der Waals surface area contributed by atoms with E-state index in [0.717, 1.165) is 31.1 Å². The Morgan fingerprint density at radius 1 is 1.52 bits per heavy atom. The lowest BCUT2D eigenvalue weighted by Crippen LogP contribution is -2.57. The lowest BCUT2D eigenvalue weighted by molar-refractivity contribution is -0.127. The minimum Gasteiger partial charge on any atom is -0.382 e. The molecule has 1 atom stereocenters. The SMILES string of the molecule is CCNc1cccnc1N1CCNCC1C(=O)C(C)(C)C. The Morgan fingerprint density at radius 2 is 2.29 bits per heavy atom. The van der Waals surface area contributed by atoms with Crippen LogP contribution in [0.5, 0.6) is 0 Å². The van der Waals surface area contributed by atoms with Gasteiger partial charge in [0.1, 0.15) is 6.04 Å². The number of hydrogen-bond acceptors (Lipinski definition) is 5. The second-order valence-corrected chi connectivity index (χ2v) is 6.43. The van der Waals surface area contributed by atoms with E-state index in [1.165, 1.54) is 0 Å². The maximum Gasteiger partial charge on any atom is 0.161 e. The summed E-state index contributed by atoms with van der Waals surface area (Å²) >= 11 is 0. The van der Waals surface area contributed by atoms with E-state index < -0.39 is 0 Å². The zero-order chi connectivity index (χ0) is 15.5. The lowest BCUT2D eigenvalue weighted by atomic mass is 9.85. The van der Waals surface area contributed by atoms with Gasteiger partial charge >= 0.3 is 0 Å². The van der Waals surface area contributed by atoms with Crippen LogP contribution >= 0.6 is 0 Å². The van der Waals surface area contributed by atoms with Crippen molar-refractivity contribution < 1.29 is 4.79 Å². The number of carbonyl (C=O) groups is 1. The second kappa shape index (κ2) is 6.43. The summed E-state index contributed by atoms with van der Waals surface area (Å²) in [4.78, 5) is 19.4. The molecule has 2 N–H and O–H groups in total. The van der Waals surface area contributed by atoms with Crippen molar-refractivity contribution >= 4 is 17.3 Å². The van der Waals surface area contributed by atoms with Gasteiger partial charge in [-0.1, -0.05) is 20.8 Å². The number of nitrogens with zero attached hydrogens (tertiary/aromatic N) is 2. The molecule has 116 valence electrons. The fourth-order valence-corrected chi connectivity index (χ4v) is 2.65. The van der Waals surface area contributed by atoms with Crippen LogP contribution in [0.3, 0.4) is 0 Å². The Morgan fingerprint density at radius 3 is 2.95 bits per heavy atom. The van der Waals surface area contributed by atoms with Gasteiger partial charge in [0.25, 0.3) is 0 Å². The van der Waals surface area contributed by atoms with Gasteiger partial charge in [0.15, 0.2) is 11.6 Å². The Balaban J connectivity index is 2.33. The zero-order valence-electron chi connectivity index (χ0n) is 13.4. The first-order valence-electron chi connectivity index (χ1n) is 7.65. The maximum atomic E-state index is 12.7. The minimum absolute atomic E-state index is 0.161. The first-order chi connectivity index (χ1) is 9.95. The summed E-state index contributed by atoms with van der Waals surface area (Å²) in [7, 11) is 0. The maximum absolute atomic E-state index is 12.7. The number of piperazine rings is 1. The van der Waals surface area contributed by atoms with Gasteiger partial charge in [-0.25, -0.2) is 4.98 Å². The molecule has 1 unspecified atom stereocenters. The molecule has 1 fully saturated rings. The number of ketones is 1. The van der Waals surface area contributed by atoms with Crippen LogP contribution in [0.15, 0.2) is 18.3 Å². The van der Waals surface area contributed by atoms with Crippen molar-refractivity contribution in [3.8, 4) is 0 Å². The number of hydrogen-bond donors (Lipinski definition) is 2. The first kappa shape index (κ1) is 15.8. The van der Waals surface area contributed by atoms with E-state index in [1.54, 1.807) is 6.20 Å². The van der Waals surface area contributed by atoms with Gasteiger partial charge in [0.2, 0.25) is 0 Å². The van der Waals surface area contributed by atoms with Gasteiger partial charge in [0, 0.05) is 37.8 Å². The Labute approximate surface area is 127 Å². The zero-order valence-corrected chi connectivity index (χ0v) is 13.4. The summed E-state index contributed by atoms with van der Waals surface area (Å²) in [5.74, 6) is 1.13. The highest BCUT2D eigenvalue weighted by atomic mass is 16.1. The van der Waals surface area contributed by atoms with Crippen LogP contribution in [-0.4, -0.2) is 43.0 Å². The van der Waals surface area contributed by atoms with E-state index in [-0.39, 0.29) is 17.2 Å². The molecule has 0 saturated carbocycles. The standard InChI is InChI=1S/C16H26N4O/c1-5-18-12-7-6-8-19-15(12)20-10-9-17-11-13(20)14(21)16(2,3)4/h6-8,13,17-18H,5,9-11H2,1-4H3. The van der Waals surface area contributed by atoms with E-state index in [1.807, 2.05) is 32.9 Å². The van der Waals surface area contributed by atoms with E-state index in [4.69, 9.17) is 0 Å². The number of Topliss-reactive ketones (excluding diaryl/α,β-unsaturated/α-hetero) is 1. The van der Waals surface area contributed by atoms with E-state index >= 15 is 0 Å². The van der Waals surface area contributed by atoms with Crippen molar-refractivity contribution in [1.29, 1.82) is 0 Å². The van der Waals surface area contributed by atoms with Gasteiger partial charge in [-0.3, -0.25) is 4.79 Å². The predicted octanol–water partition coefficient (Wildman–Crippen LogP) is 1.91. The largest absolute Gasteiger partial charge is 0.382 e. The molecule has 1 saturated heterocycles. The smallest absolute Gasteiger partial charge is 0.161 e. The van der Waals surface area contributed by atoms with Crippen molar-refractivity contribution in [2.75, 3.05) is 36.4 Å². The summed E-state index contributed by atoms with van der Waals surface area (Å²) in [5.41, 5.74) is 0.642. The molecular formula is C16H26N4O. The fraction of sp³-hybridized carbons (Fsp3) is 0.625. The van der Waals surface area contributed by atoms with E-state index in [0.29, 0.717) is 6.54 Å². The summed E-state index contributed by atoms with van der Waals surface area (Å²) in [6, 6.07) is 3.78. The van der Waals surface area contributed by atoms with Crippen molar-refractivity contribution in [3.63, 3.8) is 0 Å². The summed E-state index contributed by atoms with van der Waals surface area (Å²) in [5, 5.41) is 6.66. The number of anilines is 2. The Kier molecular flexibility index (Phi) is 4.83. The third-order valence-corrected chi connectivity index (χ3v) is 3.71. The summed E-state index contributed by atoms with van der Waals surface area (Å²) in [6.45, 7) is 11.2. The molecule has 5 nitrogen and oxygen atoms in total. The predicted molar refractivity (Wildman–Crippen MR) is 86.9 cm³/mol. The number of nitrogens with one attached hydrogen (secondary N) is 2. The number of pyridine rings is 1. The molecule has 0 aliphatic carbocycles. The molecule has 5 heteroatoms. The van der Waals surface area contributed by atoms with Crippen molar-refractivity contribution in [2.45, 2.75) is 33.7 Å². The number of aromatic nitrogens is 1. The van der Waals surface area contributed by atoms with Gasteiger partial charge in [0.05, 0.1) is 5.69 Å². The summed E-state index contributed by atoms with van der Waals surface area (Å²) < 4.78 is 0. The molecule has 21 heavy (non-hydrogen) atoms. The van der Waals surface area contributed by atoms with Crippen LogP contribution in [0.4, 0.5) is 11.5 Å². The van der Waals surface area contributed by atoms with Crippen LogP contribution in [0.25, 0.3) is 0 Å². The van der Waals surface area contributed by atoms with Gasteiger partial charge < -0.3 is 15.5 Å². The third-order valence-electron chi connectivity index (χ3n) is 3.71. The minimum atomic E-state index is -0.352. The molecule has 0 spiro atoms. The Hall–Kier alpha value is -1.62.